The molecule has 9 heteroatoms. The fourth-order valence-electron chi connectivity index (χ4n) is 3.82. The highest BCUT2D eigenvalue weighted by atomic mass is 35.5. The quantitative estimate of drug-likeness (QED) is 0.387. The Kier molecular flexibility index (Phi) is 5.96. The summed E-state index contributed by atoms with van der Waals surface area (Å²) >= 11 is 7.35. The van der Waals surface area contributed by atoms with Gasteiger partial charge < -0.3 is 15.0 Å². The van der Waals surface area contributed by atoms with Gasteiger partial charge in [0.05, 0.1) is 16.3 Å². The maximum Gasteiger partial charge on any atom is 0.265 e. The first-order valence-corrected chi connectivity index (χ1v) is 11.7. The number of hydrogen-bond donors (Lipinski definition) is 1. The number of carbonyl (C=O) groups excluding carboxylic acids is 1. The average molecular weight is 469 g/mol. The molecule has 7 nitrogen and oxygen atoms in total. The summed E-state index contributed by atoms with van der Waals surface area (Å²) in [6, 6.07) is 12.9. The number of anilines is 2. The van der Waals surface area contributed by atoms with Gasteiger partial charge in [-0.05, 0) is 71.4 Å². The minimum absolute atomic E-state index is 0.209. The molecule has 0 radical (unpaired) electrons. The van der Waals surface area contributed by atoms with Crippen LogP contribution in [0.15, 0.2) is 52.5 Å². The predicted molar refractivity (Wildman–Crippen MR) is 126 cm³/mol. The van der Waals surface area contributed by atoms with Crippen molar-refractivity contribution in [1.82, 2.24) is 10.3 Å². The van der Waals surface area contributed by atoms with E-state index >= 15 is 0 Å². The van der Waals surface area contributed by atoms with E-state index in [1.165, 1.54) is 17.8 Å². The molecular weight excluding hydrogens is 448 g/mol. The molecule has 1 amide bonds. The number of hydrogen-bond acceptors (Lipinski definition) is 7. The smallest absolute Gasteiger partial charge is 0.265 e. The normalized spacial score (nSPS) is 14.0. The number of nitrogens with one attached hydrogen (secondary N) is 1. The maximum absolute atomic E-state index is 12.9. The van der Waals surface area contributed by atoms with E-state index < -0.39 is 0 Å². The second-order valence-electron chi connectivity index (χ2n) is 7.66. The SMILES string of the molecule is O=C(Nc1ccc(N2CCCCC2)c2nonc12)c1cc(COc2cccc(Cl)c2)cs1. The summed E-state index contributed by atoms with van der Waals surface area (Å²) < 4.78 is 10.8. The molecule has 1 N–H and O–H groups in total. The van der Waals surface area contributed by atoms with Gasteiger partial charge in [-0.2, -0.15) is 0 Å². The van der Waals surface area contributed by atoms with Gasteiger partial charge >= 0.3 is 0 Å². The van der Waals surface area contributed by atoms with E-state index in [0.717, 1.165) is 37.2 Å². The van der Waals surface area contributed by atoms with Crippen molar-refractivity contribution < 1.29 is 14.2 Å². The number of aromatic nitrogens is 2. The van der Waals surface area contributed by atoms with Crippen molar-refractivity contribution in [3.05, 3.63) is 63.3 Å². The minimum Gasteiger partial charge on any atom is -0.489 e. The summed E-state index contributed by atoms with van der Waals surface area (Å²) in [6.45, 7) is 2.33. The molecular formula is C23H21ClN4O3S. The summed E-state index contributed by atoms with van der Waals surface area (Å²) in [5, 5.41) is 13.6. The van der Waals surface area contributed by atoms with E-state index in [1.807, 2.05) is 35.7 Å². The predicted octanol–water partition coefficient (Wildman–Crippen LogP) is 5.76. The van der Waals surface area contributed by atoms with Gasteiger partial charge in [0.25, 0.3) is 5.91 Å². The number of thiophene rings is 1. The Morgan fingerprint density at radius 1 is 1.12 bits per heavy atom. The monoisotopic (exact) mass is 468 g/mol. The second-order valence-corrected chi connectivity index (χ2v) is 9.01. The molecule has 0 unspecified atom stereocenters. The molecule has 0 atom stereocenters. The van der Waals surface area contributed by atoms with Crippen molar-refractivity contribution in [3.63, 3.8) is 0 Å². The lowest BCUT2D eigenvalue weighted by Crippen LogP contribution is -2.29. The molecule has 1 saturated heterocycles. The Bertz CT molecular complexity index is 1250. The largest absolute Gasteiger partial charge is 0.489 e. The fourth-order valence-corrected chi connectivity index (χ4v) is 4.79. The lowest BCUT2D eigenvalue weighted by atomic mass is 10.1. The van der Waals surface area contributed by atoms with Gasteiger partial charge in [-0.25, -0.2) is 4.63 Å². The van der Waals surface area contributed by atoms with Gasteiger partial charge in [0.1, 0.15) is 12.4 Å². The van der Waals surface area contributed by atoms with Crippen LogP contribution in [0.25, 0.3) is 11.0 Å². The minimum atomic E-state index is -0.209. The highest BCUT2D eigenvalue weighted by Gasteiger charge is 2.20. The van der Waals surface area contributed by atoms with E-state index in [4.69, 9.17) is 21.0 Å². The summed E-state index contributed by atoms with van der Waals surface area (Å²) in [7, 11) is 0. The van der Waals surface area contributed by atoms with Crippen molar-refractivity contribution >= 4 is 51.3 Å². The third-order valence-corrected chi connectivity index (χ3v) is 6.63. The molecule has 1 aliphatic rings. The molecule has 2 aromatic carbocycles. The highest BCUT2D eigenvalue weighted by Crippen LogP contribution is 2.32. The van der Waals surface area contributed by atoms with Gasteiger partial charge in [-0.1, -0.05) is 17.7 Å². The van der Waals surface area contributed by atoms with Crippen LogP contribution in [0.2, 0.25) is 5.02 Å². The van der Waals surface area contributed by atoms with E-state index in [2.05, 4.69) is 20.5 Å². The highest BCUT2D eigenvalue weighted by molar-refractivity contribution is 7.12. The standard InChI is InChI=1S/C23H21ClN4O3S/c24-16-5-4-6-17(12-16)30-13-15-11-20(32-14-15)23(29)25-18-7-8-19(22-21(18)26-31-27-22)28-9-2-1-3-10-28/h4-8,11-12,14H,1-3,9-10,13H2,(H,25,29). The van der Waals surface area contributed by atoms with E-state index in [-0.39, 0.29) is 5.91 Å². The summed E-state index contributed by atoms with van der Waals surface area (Å²) in [5.74, 6) is 0.475. The molecule has 0 aliphatic carbocycles. The van der Waals surface area contributed by atoms with Crippen LogP contribution in [-0.2, 0) is 6.61 Å². The van der Waals surface area contributed by atoms with Crippen LogP contribution in [0.5, 0.6) is 5.75 Å². The Morgan fingerprint density at radius 3 is 2.81 bits per heavy atom. The van der Waals surface area contributed by atoms with Crippen LogP contribution >= 0.6 is 22.9 Å². The van der Waals surface area contributed by atoms with Gasteiger partial charge in [0.15, 0.2) is 11.0 Å². The lowest BCUT2D eigenvalue weighted by Gasteiger charge is -2.28. The Balaban J connectivity index is 1.28. The zero-order chi connectivity index (χ0) is 21.9. The number of benzene rings is 2. The molecule has 164 valence electrons. The molecule has 2 aromatic heterocycles. The number of amides is 1. The van der Waals surface area contributed by atoms with Gasteiger partial charge in [0.2, 0.25) is 0 Å². The van der Waals surface area contributed by atoms with Crippen LogP contribution in [0.1, 0.15) is 34.5 Å². The summed E-state index contributed by atoms with van der Waals surface area (Å²) in [4.78, 5) is 15.7. The molecule has 5 rings (SSSR count). The van der Waals surface area contributed by atoms with Crippen molar-refractivity contribution in [2.45, 2.75) is 25.9 Å². The number of piperidine rings is 1. The van der Waals surface area contributed by atoms with Gasteiger partial charge in [-0.15, -0.1) is 11.3 Å². The molecule has 4 aromatic rings. The van der Waals surface area contributed by atoms with E-state index in [1.54, 1.807) is 12.1 Å². The zero-order valence-electron chi connectivity index (χ0n) is 17.2. The van der Waals surface area contributed by atoms with Crippen molar-refractivity contribution in [1.29, 1.82) is 0 Å². The van der Waals surface area contributed by atoms with E-state index in [9.17, 15) is 4.79 Å². The first kappa shape index (κ1) is 20.8. The topological polar surface area (TPSA) is 80.5 Å². The second kappa shape index (κ2) is 9.18. The maximum atomic E-state index is 12.9. The van der Waals surface area contributed by atoms with Crippen LogP contribution in [0.3, 0.4) is 0 Å². The summed E-state index contributed by atoms with van der Waals surface area (Å²) in [5.41, 5.74) is 3.72. The van der Waals surface area contributed by atoms with Crippen LogP contribution in [-0.4, -0.2) is 29.3 Å². The molecule has 1 aliphatic heterocycles. The van der Waals surface area contributed by atoms with Crippen molar-refractivity contribution in [2.24, 2.45) is 0 Å². The Hall–Kier alpha value is -3.10. The molecule has 0 bridgehead atoms. The fraction of sp³-hybridized carbons (Fsp3) is 0.261. The Morgan fingerprint density at radius 2 is 1.97 bits per heavy atom. The Labute approximate surface area is 193 Å². The van der Waals surface area contributed by atoms with Crippen molar-refractivity contribution in [2.75, 3.05) is 23.3 Å². The molecule has 32 heavy (non-hydrogen) atoms. The number of rotatable bonds is 6. The number of carbonyl (C=O) groups is 1. The number of fused-ring (bicyclic) bond motifs is 1. The first-order valence-electron chi connectivity index (χ1n) is 10.4. The number of ether oxygens (including phenoxy) is 1. The van der Waals surface area contributed by atoms with Crippen molar-refractivity contribution in [3.8, 4) is 5.75 Å². The zero-order valence-corrected chi connectivity index (χ0v) is 18.8. The summed E-state index contributed by atoms with van der Waals surface area (Å²) in [6.07, 6.45) is 3.57. The van der Waals surface area contributed by atoms with Crippen LogP contribution < -0.4 is 15.0 Å². The third kappa shape index (κ3) is 4.42. The number of nitrogens with zero attached hydrogens (tertiary/aromatic N) is 3. The van der Waals surface area contributed by atoms with Crippen LogP contribution in [0, 0.1) is 0 Å². The van der Waals surface area contributed by atoms with Gasteiger partial charge in [0, 0.05) is 23.7 Å². The lowest BCUT2D eigenvalue weighted by molar-refractivity contribution is 0.103. The molecule has 1 fully saturated rings. The molecule has 0 spiro atoms. The van der Waals surface area contributed by atoms with Crippen LogP contribution in [0.4, 0.5) is 11.4 Å². The molecule has 3 heterocycles. The average Bonchev–Trinajstić information content (AvgIpc) is 3.49. The van der Waals surface area contributed by atoms with Gasteiger partial charge in [-0.3, -0.25) is 4.79 Å². The van der Waals surface area contributed by atoms with E-state index in [0.29, 0.717) is 39.0 Å². The molecule has 0 saturated carbocycles. The number of halogens is 1. The first-order chi connectivity index (χ1) is 15.7. The third-order valence-electron chi connectivity index (χ3n) is 5.42.